The third-order valence-electron chi connectivity index (χ3n) is 3.01. The van der Waals surface area contributed by atoms with Crippen LogP contribution >= 0.6 is 0 Å². The maximum Gasteiger partial charge on any atom is 0.312 e. The van der Waals surface area contributed by atoms with Gasteiger partial charge < -0.3 is 15.0 Å². The number of hydrogen-bond acceptors (Lipinski definition) is 3. The topological polar surface area (TPSA) is 52.3 Å². The molecular weight excluding hydrogens is 228 g/mol. The molecule has 0 saturated carbocycles. The Bertz CT molecular complexity index is 371. The van der Waals surface area contributed by atoms with Crippen molar-refractivity contribution in [3.8, 4) is 0 Å². The molecule has 100 valence electrons. The number of likely N-dealkylation sites (N-methyl/N-ethyl adjacent to an activating group) is 1. The fourth-order valence-corrected chi connectivity index (χ4v) is 1.66. The minimum Gasteiger partial charge on any atom is -0.461 e. The molecule has 0 aliphatic rings. The van der Waals surface area contributed by atoms with Crippen LogP contribution in [0.4, 0.5) is 0 Å². The van der Waals surface area contributed by atoms with E-state index in [0.29, 0.717) is 24.1 Å². The predicted octanol–water partition coefficient (Wildman–Crippen LogP) is 1.15. The molecule has 0 saturated heterocycles. The summed E-state index contributed by atoms with van der Waals surface area (Å²) in [5.74, 6) is -0.192. The van der Waals surface area contributed by atoms with Crippen LogP contribution < -0.4 is 5.73 Å². The van der Waals surface area contributed by atoms with Crippen LogP contribution in [-0.2, 0) is 16.1 Å². The summed E-state index contributed by atoms with van der Waals surface area (Å²) in [4.78, 5) is 11.7. The van der Waals surface area contributed by atoms with Gasteiger partial charge in [-0.25, -0.2) is 0 Å². The van der Waals surface area contributed by atoms with Gasteiger partial charge in [-0.1, -0.05) is 30.3 Å². The maximum absolute atomic E-state index is 11.7. The summed E-state index contributed by atoms with van der Waals surface area (Å²) < 4.78 is 5.91. The third kappa shape index (κ3) is 4.85. The summed E-state index contributed by atoms with van der Waals surface area (Å²) in [7, 11) is 6.09. The number of benzene rings is 1. The molecular formula is C14H23N2O2+. The Morgan fingerprint density at radius 2 is 1.89 bits per heavy atom. The lowest BCUT2D eigenvalue weighted by Gasteiger charge is -2.32. The van der Waals surface area contributed by atoms with Crippen LogP contribution in [0.2, 0.25) is 0 Å². The first-order valence-corrected chi connectivity index (χ1v) is 6.14. The minimum atomic E-state index is -0.192. The molecule has 2 N–H and O–H groups in total. The molecule has 0 aromatic heterocycles. The Morgan fingerprint density at radius 1 is 1.28 bits per heavy atom. The van der Waals surface area contributed by atoms with E-state index in [1.54, 1.807) is 0 Å². The number of esters is 1. The lowest BCUT2D eigenvalue weighted by atomic mass is 10.1. The summed E-state index contributed by atoms with van der Waals surface area (Å²) in [5.41, 5.74) is 6.69. The van der Waals surface area contributed by atoms with Crippen LogP contribution in [0, 0.1) is 0 Å². The highest BCUT2D eigenvalue weighted by molar-refractivity contribution is 5.70. The molecule has 1 aromatic rings. The van der Waals surface area contributed by atoms with Gasteiger partial charge >= 0.3 is 5.97 Å². The molecule has 1 aromatic carbocycles. The molecule has 4 nitrogen and oxygen atoms in total. The van der Waals surface area contributed by atoms with E-state index in [1.165, 1.54) is 0 Å². The molecule has 0 aliphatic heterocycles. The standard InChI is InChI=1S/C14H23N2O2/c1-16(2,3)13(10-15)9-14(17)18-11-12-7-5-4-6-8-12/h4-8,13H,9-11,15H2,1-3H3/q+1/t13-/m1/s1. The Kier molecular flexibility index (Phi) is 5.31. The van der Waals surface area contributed by atoms with Crippen molar-refractivity contribution in [2.45, 2.75) is 19.1 Å². The Hall–Kier alpha value is -1.39. The van der Waals surface area contributed by atoms with E-state index in [2.05, 4.69) is 0 Å². The fourth-order valence-electron chi connectivity index (χ4n) is 1.66. The highest BCUT2D eigenvalue weighted by Crippen LogP contribution is 2.09. The molecule has 18 heavy (non-hydrogen) atoms. The van der Waals surface area contributed by atoms with Crippen molar-refractivity contribution in [3.05, 3.63) is 35.9 Å². The second-order valence-electron chi connectivity index (χ2n) is 5.36. The van der Waals surface area contributed by atoms with Gasteiger partial charge in [-0.05, 0) is 5.56 Å². The average molecular weight is 251 g/mol. The number of carbonyl (C=O) groups is 1. The highest BCUT2D eigenvalue weighted by atomic mass is 16.5. The SMILES string of the molecule is C[N+](C)(C)[C@@H](CN)CC(=O)OCc1ccccc1. The normalized spacial score (nSPS) is 13.1. The van der Waals surface area contributed by atoms with Crippen molar-refractivity contribution < 1.29 is 14.0 Å². The van der Waals surface area contributed by atoms with E-state index >= 15 is 0 Å². The number of rotatable bonds is 6. The van der Waals surface area contributed by atoms with Crippen LogP contribution in [0.3, 0.4) is 0 Å². The number of quaternary nitrogens is 1. The molecule has 4 heteroatoms. The molecule has 1 atom stereocenters. The van der Waals surface area contributed by atoms with Gasteiger partial charge in [-0.2, -0.15) is 0 Å². The van der Waals surface area contributed by atoms with Gasteiger partial charge in [0, 0.05) is 6.54 Å². The Balaban J connectivity index is 2.42. The third-order valence-corrected chi connectivity index (χ3v) is 3.01. The minimum absolute atomic E-state index is 0.0910. The quantitative estimate of drug-likeness (QED) is 0.609. The van der Waals surface area contributed by atoms with Gasteiger partial charge in [-0.15, -0.1) is 0 Å². The first kappa shape index (κ1) is 14.7. The molecule has 0 spiro atoms. The molecule has 0 amide bonds. The molecule has 0 fully saturated rings. The summed E-state index contributed by atoms with van der Waals surface area (Å²) in [6, 6.07) is 9.76. The fraction of sp³-hybridized carbons (Fsp3) is 0.500. The zero-order valence-corrected chi connectivity index (χ0v) is 11.4. The van der Waals surface area contributed by atoms with Crippen LogP contribution in [-0.4, -0.2) is 44.2 Å². The van der Waals surface area contributed by atoms with Crippen LogP contribution in [0.1, 0.15) is 12.0 Å². The van der Waals surface area contributed by atoms with Crippen LogP contribution in [0.5, 0.6) is 0 Å². The molecule has 0 radical (unpaired) electrons. The zero-order chi connectivity index (χ0) is 13.6. The second kappa shape index (κ2) is 6.52. The van der Waals surface area contributed by atoms with Gasteiger partial charge in [0.05, 0.1) is 27.6 Å². The van der Waals surface area contributed by atoms with Crippen LogP contribution in [0.15, 0.2) is 30.3 Å². The summed E-state index contributed by atoms with van der Waals surface area (Å²) in [5, 5.41) is 0. The first-order chi connectivity index (χ1) is 8.43. The van der Waals surface area contributed by atoms with Gasteiger partial charge in [-0.3, -0.25) is 4.79 Å². The molecule has 0 aliphatic carbocycles. The number of ether oxygens (including phenoxy) is 1. The van der Waals surface area contributed by atoms with Gasteiger partial charge in [0.2, 0.25) is 0 Å². The van der Waals surface area contributed by atoms with E-state index < -0.39 is 0 Å². The van der Waals surface area contributed by atoms with E-state index in [9.17, 15) is 4.79 Å². The summed E-state index contributed by atoms with van der Waals surface area (Å²) in [6.45, 7) is 0.804. The number of nitrogens with zero attached hydrogens (tertiary/aromatic N) is 1. The second-order valence-corrected chi connectivity index (χ2v) is 5.36. The molecule has 1 rings (SSSR count). The van der Waals surface area contributed by atoms with Gasteiger partial charge in [0.25, 0.3) is 0 Å². The highest BCUT2D eigenvalue weighted by Gasteiger charge is 2.25. The Labute approximate surface area is 109 Å². The zero-order valence-electron chi connectivity index (χ0n) is 11.4. The van der Waals surface area contributed by atoms with Crippen molar-refractivity contribution in [1.29, 1.82) is 0 Å². The first-order valence-electron chi connectivity index (χ1n) is 6.14. The molecule has 0 unspecified atom stereocenters. The van der Waals surface area contributed by atoms with E-state index in [0.717, 1.165) is 5.56 Å². The van der Waals surface area contributed by atoms with Crippen LogP contribution in [0.25, 0.3) is 0 Å². The molecule has 0 bridgehead atoms. The number of carbonyl (C=O) groups excluding carboxylic acids is 1. The van der Waals surface area contributed by atoms with E-state index in [-0.39, 0.29) is 12.0 Å². The summed E-state index contributed by atoms with van der Waals surface area (Å²) >= 11 is 0. The maximum atomic E-state index is 11.7. The lowest BCUT2D eigenvalue weighted by molar-refractivity contribution is -0.893. The number of nitrogens with two attached hydrogens (primary N) is 1. The van der Waals surface area contributed by atoms with Gasteiger partial charge in [0.15, 0.2) is 0 Å². The monoisotopic (exact) mass is 251 g/mol. The Morgan fingerprint density at radius 3 is 2.39 bits per heavy atom. The van der Waals surface area contributed by atoms with E-state index in [1.807, 2.05) is 51.5 Å². The van der Waals surface area contributed by atoms with Crippen molar-refractivity contribution in [2.75, 3.05) is 27.7 Å². The van der Waals surface area contributed by atoms with Crippen molar-refractivity contribution in [3.63, 3.8) is 0 Å². The number of hydrogen-bond donors (Lipinski definition) is 1. The van der Waals surface area contributed by atoms with Crippen molar-refractivity contribution in [2.24, 2.45) is 5.73 Å². The average Bonchev–Trinajstić information content (AvgIpc) is 2.33. The molecule has 0 heterocycles. The van der Waals surface area contributed by atoms with Gasteiger partial charge in [0.1, 0.15) is 12.6 Å². The largest absolute Gasteiger partial charge is 0.461 e. The predicted molar refractivity (Wildman–Crippen MR) is 71.7 cm³/mol. The van der Waals surface area contributed by atoms with Crippen molar-refractivity contribution >= 4 is 5.97 Å². The smallest absolute Gasteiger partial charge is 0.312 e. The van der Waals surface area contributed by atoms with E-state index in [4.69, 9.17) is 10.5 Å². The van der Waals surface area contributed by atoms with Crippen molar-refractivity contribution in [1.82, 2.24) is 0 Å². The summed E-state index contributed by atoms with van der Waals surface area (Å²) in [6.07, 6.45) is 0.354. The lowest BCUT2D eigenvalue weighted by Crippen LogP contribution is -2.50.